The Morgan fingerprint density at radius 1 is 1.08 bits per heavy atom. The zero-order valence-corrected chi connectivity index (χ0v) is 16.0. The van der Waals surface area contributed by atoms with E-state index in [0.29, 0.717) is 44.4 Å². The molecule has 1 saturated heterocycles. The maximum Gasteiger partial charge on any atom is 0.409 e. The van der Waals surface area contributed by atoms with E-state index >= 15 is 0 Å². The van der Waals surface area contributed by atoms with E-state index in [-0.39, 0.29) is 12.0 Å². The van der Waals surface area contributed by atoms with E-state index in [1.165, 1.54) is 0 Å². The number of piperazine rings is 1. The molecule has 8 nitrogen and oxygen atoms in total. The first-order valence-electron chi connectivity index (χ1n) is 9.39. The molecule has 1 aliphatic heterocycles. The molecular weight excluding hydrogens is 334 g/mol. The highest BCUT2D eigenvalue weighted by atomic mass is 16.6. The van der Waals surface area contributed by atoms with Crippen LogP contribution >= 0.6 is 0 Å². The van der Waals surface area contributed by atoms with Gasteiger partial charge in [0.2, 0.25) is 5.95 Å². The fourth-order valence-corrected chi connectivity index (χ4v) is 2.94. The number of anilines is 1. The van der Waals surface area contributed by atoms with Gasteiger partial charge in [0.1, 0.15) is 5.69 Å². The van der Waals surface area contributed by atoms with Crippen molar-refractivity contribution in [1.29, 1.82) is 0 Å². The highest BCUT2D eigenvalue weighted by Crippen LogP contribution is 2.12. The molecule has 1 fully saturated rings. The third-order valence-corrected chi connectivity index (χ3v) is 4.22. The van der Waals surface area contributed by atoms with Crippen LogP contribution in [0.15, 0.2) is 12.3 Å². The van der Waals surface area contributed by atoms with Gasteiger partial charge < -0.3 is 19.4 Å². The summed E-state index contributed by atoms with van der Waals surface area (Å²) < 4.78 is 5.01. The molecule has 0 N–H and O–H groups in total. The smallest absolute Gasteiger partial charge is 0.409 e. The molecule has 0 saturated carbocycles. The van der Waals surface area contributed by atoms with Gasteiger partial charge >= 0.3 is 6.09 Å². The molecule has 2 rings (SSSR count). The van der Waals surface area contributed by atoms with Crippen LogP contribution in [-0.4, -0.2) is 77.6 Å². The van der Waals surface area contributed by atoms with Gasteiger partial charge in [0.15, 0.2) is 0 Å². The fraction of sp³-hybridized carbons (Fsp3) is 0.667. The first-order chi connectivity index (χ1) is 12.6. The lowest BCUT2D eigenvalue weighted by atomic mass is 10.2. The van der Waals surface area contributed by atoms with Crippen LogP contribution in [0.4, 0.5) is 10.7 Å². The molecule has 0 aromatic carbocycles. The van der Waals surface area contributed by atoms with Crippen molar-refractivity contribution in [2.24, 2.45) is 0 Å². The summed E-state index contributed by atoms with van der Waals surface area (Å²) >= 11 is 0. The van der Waals surface area contributed by atoms with E-state index in [2.05, 4.69) is 28.7 Å². The Kier molecular flexibility index (Phi) is 7.62. The second-order valence-corrected chi connectivity index (χ2v) is 6.21. The monoisotopic (exact) mass is 363 g/mol. The van der Waals surface area contributed by atoms with E-state index < -0.39 is 0 Å². The third-order valence-electron chi connectivity index (χ3n) is 4.22. The van der Waals surface area contributed by atoms with Gasteiger partial charge in [-0.2, -0.15) is 0 Å². The van der Waals surface area contributed by atoms with Crippen LogP contribution in [0.3, 0.4) is 0 Å². The normalized spacial score (nSPS) is 14.3. The molecular formula is C18H29N5O3. The average molecular weight is 363 g/mol. The van der Waals surface area contributed by atoms with E-state index in [9.17, 15) is 9.59 Å². The van der Waals surface area contributed by atoms with Crippen molar-refractivity contribution in [3.05, 3.63) is 18.0 Å². The van der Waals surface area contributed by atoms with Gasteiger partial charge in [0.25, 0.3) is 5.91 Å². The molecule has 2 amide bonds. The van der Waals surface area contributed by atoms with Crippen LogP contribution in [-0.2, 0) is 4.74 Å². The van der Waals surface area contributed by atoms with Crippen molar-refractivity contribution in [3.8, 4) is 0 Å². The lowest BCUT2D eigenvalue weighted by Crippen LogP contribution is -2.50. The number of nitrogens with zero attached hydrogens (tertiary/aromatic N) is 5. The lowest BCUT2D eigenvalue weighted by molar-refractivity contribution is 0.0566. The topological polar surface area (TPSA) is 78.9 Å². The Morgan fingerprint density at radius 2 is 1.69 bits per heavy atom. The summed E-state index contributed by atoms with van der Waals surface area (Å²) in [5.41, 5.74) is 0.400. The standard InChI is InChI=1S/C18H29N5O3/c1-4-9-22(10-5-2)17-19-8-7-15(20-17)16(24)21-11-13-23(14-12-21)18(25)26-6-3/h7-8H,4-6,9-14H2,1-3H3. The SMILES string of the molecule is CCCN(CCC)c1nccc(C(=O)N2CCN(C(=O)OCC)CC2)n1. The van der Waals surface area contributed by atoms with Crippen molar-refractivity contribution in [1.82, 2.24) is 19.8 Å². The highest BCUT2D eigenvalue weighted by molar-refractivity contribution is 5.92. The number of carbonyl (C=O) groups is 2. The summed E-state index contributed by atoms with van der Waals surface area (Å²) in [4.78, 5) is 38.8. The van der Waals surface area contributed by atoms with Crippen molar-refractivity contribution >= 4 is 17.9 Å². The zero-order valence-electron chi connectivity index (χ0n) is 16.0. The van der Waals surface area contributed by atoms with Crippen LogP contribution in [0.2, 0.25) is 0 Å². The number of amides is 2. The van der Waals surface area contributed by atoms with Crippen LogP contribution in [0.1, 0.15) is 44.1 Å². The lowest BCUT2D eigenvalue weighted by Gasteiger charge is -2.34. The Balaban J connectivity index is 2.02. The van der Waals surface area contributed by atoms with Gasteiger partial charge in [-0.15, -0.1) is 0 Å². The quantitative estimate of drug-likeness (QED) is 0.737. The Morgan fingerprint density at radius 3 is 2.27 bits per heavy atom. The molecule has 144 valence electrons. The molecule has 0 atom stereocenters. The highest BCUT2D eigenvalue weighted by Gasteiger charge is 2.26. The maximum atomic E-state index is 12.8. The van der Waals surface area contributed by atoms with Crippen molar-refractivity contribution in [3.63, 3.8) is 0 Å². The minimum absolute atomic E-state index is 0.120. The maximum absolute atomic E-state index is 12.8. The summed E-state index contributed by atoms with van der Waals surface area (Å²) in [6, 6.07) is 1.65. The summed E-state index contributed by atoms with van der Waals surface area (Å²) in [6.45, 7) is 9.99. The van der Waals surface area contributed by atoms with Gasteiger partial charge in [-0.3, -0.25) is 4.79 Å². The first kappa shape index (κ1) is 19.9. The van der Waals surface area contributed by atoms with Gasteiger partial charge in [0.05, 0.1) is 6.61 Å². The second-order valence-electron chi connectivity index (χ2n) is 6.21. The number of ether oxygens (including phenoxy) is 1. The molecule has 0 aliphatic carbocycles. The summed E-state index contributed by atoms with van der Waals surface area (Å²) in [5, 5.41) is 0. The van der Waals surface area contributed by atoms with Crippen LogP contribution in [0.25, 0.3) is 0 Å². The Bertz CT molecular complexity index is 596. The van der Waals surface area contributed by atoms with Gasteiger partial charge in [0, 0.05) is 45.5 Å². The van der Waals surface area contributed by atoms with E-state index in [0.717, 1.165) is 25.9 Å². The van der Waals surface area contributed by atoms with Gasteiger partial charge in [-0.25, -0.2) is 14.8 Å². The van der Waals surface area contributed by atoms with Crippen LogP contribution in [0.5, 0.6) is 0 Å². The largest absolute Gasteiger partial charge is 0.450 e. The molecule has 0 spiro atoms. The molecule has 1 aliphatic rings. The van der Waals surface area contributed by atoms with E-state index in [1.54, 1.807) is 29.0 Å². The van der Waals surface area contributed by atoms with E-state index in [4.69, 9.17) is 4.74 Å². The van der Waals surface area contributed by atoms with Crippen molar-refractivity contribution < 1.29 is 14.3 Å². The molecule has 26 heavy (non-hydrogen) atoms. The number of carbonyl (C=O) groups excluding carboxylic acids is 2. The zero-order chi connectivity index (χ0) is 18.9. The first-order valence-corrected chi connectivity index (χ1v) is 9.39. The number of hydrogen-bond donors (Lipinski definition) is 0. The molecule has 0 unspecified atom stereocenters. The van der Waals surface area contributed by atoms with Gasteiger partial charge in [-0.05, 0) is 25.8 Å². The minimum Gasteiger partial charge on any atom is -0.450 e. The number of aromatic nitrogens is 2. The predicted octanol–water partition coefficient (Wildman–Crippen LogP) is 2.02. The molecule has 0 bridgehead atoms. The van der Waals surface area contributed by atoms with Crippen molar-refractivity contribution in [2.45, 2.75) is 33.6 Å². The fourth-order valence-electron chi connectivity index (χ4n) is 2.94. The summed E-state index contributed by atoms with van der Waals surface area (Å²) in [5.74, 6) is 0.481. The van der Waals surface area contributed by atoms with Gasteiger partial charge in [-0.1, -0.05) is 13.8 Å². The number of hydrogen-bond acceptors (Lipinski definition) is 6. The average Bonchev–Trinajstić information content (AvgIpc) is 2.67. The van der Waals surface area contributed by atoms with Crippen molar-refractivity contribution in [2.75, 3.05) is 50.8 Å². The molecule has 0 radical (unpaired) electrons. The minimum atomic E-state index is -0.321. The summed E-state index contributed by atoms with van der Waals surface area (Å²) in [7, 11) is 0. The van der Waals surface area contributed by atoms with Crippen LogP contribution < -0.4 is 4.90 Å². The molecule has 2 heterocycles. The molecule has 1 aromatic heterocycles. The second kappa shape index (κ2) is 9.94. The van der Waals surface area contributed by atoms with E-state index in [1.807, 2.05) is 0 Å². The predicted molar refractivity (Wildman–Crippen MR) is 99.3 cm³/mol. The van der Waals surface area contributed by atoms with Crippen LogP contribution in [0, 0.1) is 0 Å². The summed E-state index contributed by atoms with van der Waals surface area (Å²) in [6.07, 6.45) is 3.32. The molecule has 8 heteroatoms. The molecule has 1 aromatic rings. The number of rotatable bonds is 7. The Hall–Kier alpha value is -2.38. The Labute approximate surface area is 155 Å². The third kappa shape index (κ3) is 5.06.